The molecule has 6 aromatic heterocycles. The number of amides is 3. The van der Waals surface area contributed by atoms with Gasteiger partial charge in [0.05, 0.1) is 61.7 Å². The third-order valence-electron chi connectivity index (χ3n) is 19.2. The number of halogens is 15. The minimum Gasteiger partial charge on any atom is -0.870 e. The smallest absolute Gasteiger partial charge is 0.870 e. The Morgan fingerprint density at radius 1 is 0.602 bits per heavy atom. The van der Waals surface area contributed by atoms with Crippen LogP contribution in [0.2, 0.25) is 0 Å². The number of alkyl halides is 15. The van der Waals surface area contributed by atoms with Gasteiger partial charge in [-0.1, -0.05) is 51.3 Å². The van der Waals surface area contributed by atoms with Gasteiger partial charge >= 0.3 is 94.2 Å². The number of allylic oxidation sites excluding steroid dienone is 3. The predicted octanol–water partition coefficient (Wildman–Crippen LogP) is 16.2. The van der Waals surface area contributed by atoms with Gasteiger partial charge in [0.25, 0.3) is 17.7 Å². The molecule has 21 nitrogen and oxygen atoms in total. The molecule has 2 N–H and O–H groups in total. The molecule has 0 spiro atoms. The van der Waals surface area contributed by atoms with Crippen LogP contribution in [0, 0.1) is 6.92 Å². The molecule has 5 aliphatic heterocycles. The summed E-state index contributed by atoms with van der Waals surface area (Å²) in [5.74, 6) is -7.60. The molecular weight excluding hydrogens is 1680 g/mol. The number of pyridine rings is 3. The molecule has 3 fully saturated rings. The Labute approximate surface area is 724 Å². The monoisotopic (exact) mass is 1770 g/mol. The van der Waals surface area contributed by atoms with Crippen molar-refractivity contribution >= 4 is 69.5 Å². The van der Waals surface area contributed by atoms with Crippen molar-refractivity contribution in [3.8, 4) is 34.9 Å². The van der Waals surface area contributed by atoms with E-state index in [4.69, 9.17) is 33.2 Å². The van der Waals surface area contributed by atoms with E-state index in [-0.39, 0.29) is 180 Å². The number of aliphatic carboxylic acids is 1. The Morgan fingerprint density at radius 3 is 1.48 bits per heavy atom. The number of carboxylic acids is 1. The van der Waals surface area contributed by atoms with E-state index in [9.17, 15) is 99.7 Å². The molecule has 0 unspecified atom stereocenters. The number of hydrogen-bond acceptors (Lipinski definition) is 20. The second kappa shape index (κ2) is 42.4. The summed E-state index contributed by atoms with van der Waals surface area (Å²) in [5.41, 5.74) is -11.7. The average Bonchev–Trinajstić information content (AvgIpc) is 1.70. The van der Waals surface area contributed by atoms with Crippen LogP contribution in [0.4, 0.5) is 65.9 Å². The molecule has 40 heteroatoms. The van der Waals surface area contributed by atoms with Gasteiger partial charge in [-0.15, -0.1) is 47.2 Å². The fourth-order valence-electron chi connectivity index (χ4n) is 14.1. The number of fused-ring (bicyclic) bond motifs is 4. The number of ether oxygens (including phenoxy) is 7. The van der Waals surface area contributed by atoms with E-state index >= 15 is 0 Å². The molecule has 6 aromatic rings. The van der Waals surface area contributed by atoms with Crippen molar-refractivity contribution in [2.45, 2.75) is 191 Å². The summed E-state index contributed by atoms with van der Waals surface area (Å²) in [5, 5.41) is 14.1. The van der Waals surface area contributed by atoms with Gasteiger partial charge in [-0.3, -0.25) is 19.2 Å². The summed E-state index contributed by atoms with van der Waals surface area (Å²) in [6.07, 6.45) is -7.98. The number of methoxy groups -OCH3 is 1. The van der Waals surface area contributed by atoms with Crippen molar-refractivity contribution < 1.29 is 190 Å². The number of carboxylic acid groups (broad SMARTS) is 1. The maximum absolute atomic E-state index is 14.1. The maximum Gasteiger partial charge on any atom is 1.00 e. The van der Waals surface area contributed by atoms with Gasteiger partial charge in [0.1, 0.15) is 43.7 Å². The van der Waals surface area contributed by atoms with E-state index in [1.807, 2.05) is 6.92 Å². The quantitative estimate of drug-likeness (QED) is 0.0292. The van der Waals surface area contributed by atoms with Crippen LogP contribution in [-0.2, 0) is 50.0 Å². The van der Waals surface area contributed by atoms with Crippen LogP contribution in [0.15, 0.2) is 121 Å². The molecule has 11 rings (SSSR count). The van der Waals surface area contributed by atoms with Crippen molar-refractivity contribution in [2.75, 3.05) is 46.6 Å². The van der Waals surface area contributed by atoms with Crippen molar-refractivity contribution in [2.24, 2.45) is 0 Å². The van der Waals surface area contributed by atoms with Crippen molar-refractivity contribution in [1.82, 2.24) is 29.7 Å². The molecule has 3 amide bonds. The number of hydrogen-bond donors (Lipinski definition) is 1. The number of aryl methyl sites for hydroxylation is 1. The van der Waals surface area contributed by atoms with Gasteiger partial charge in [0, 0.05) is 84.2 Å². The van der Waals surface area contributed by atoms with Crippen LogP contribution < -0.4 is 79.8 Å². The van der Waals surface area contributed by atoms with Gasteiger partial charge < -0.3 is 58.4 Å². The molecule has 5 aliphatic rings. The van der Waals surface area contributed by atoms with Crippen LogP contribution in [0.1, 0.15) is 180 Å². The largest absolute Gasteiger partial charge is 1.00 e. The number of thiophene rings is 3. The first-order chi connectivity index (χ1) is 53.8. The second-order valence-electron chi connectivity index (χ2n) is 26.7. The normalized spacial score (nSPS) is 21.6. The van der Waals surface area contributed by atoms with Gasteiger partial charge in [0.15, 0.2) is 11.4 Å². The molecule has 0 aromatic carbocycles. The zero-order chi connectivity index (χ0) is 83.4. The van der Waals surface area contributed by atoms with Crippen molar-refractivity contribution in [3.63, 3.8) is 0 Å². The van der Waals surface area contributed by atoms with Gasteiger partial charge in [-0.05, 0) is 122 Å². The number of rotatable bonds is 17. The van der Waals surface area contributed by atoms with Crippen LogP contribution in [0.25, 0.3) is 0 Å². The molecule has 0 bridgehead atoms. The number of ketones is 1. The van der Waals surface area contributed by atoms with Gasteiger partial charge in [-0.25, -0.2) is 24.5 Å². The molecular formula is C78H86F15KN6O15S3. The molecule has 3 saturated heterocycles. The van der Waals surface area contributed by atoms with Crippen LogP contribution in [0.5, 0.6) is 34.9 Å². The summed E-state index contributed by atoms with van der Waals surface area (Å²) in [6.45, 7) is 10.5. The number of carbonyl (C=O) groups excluding carboxylic acids is 5. The first kappa shape index (κ1) is 100. The number of esters is 1. The third-order valence-corrected chi connectivity index (χ3v) is 22.0. The summed E-state index contributed by atoms with van der Waals surface area (Å²) in [4.78, 5) is 94.6. The van der Waals surface area contributed by atoms with E-state index in [0.717, 1.165) is 56.2 Å². The average molecular weight is 1770 g/mol. The Morgan fingerprint density at radius 2 is 1.04 bits per heavy atom. The van der Waals surface area contributed by atoms with E-state index in [0.29, 0.717) is 85.1 Å². The summed E-state index contributed by atoms with van der Waals surface area (Å²) < 4.78 is 244. The molecule has 0 radical (unpaired) electrons. The zero-order valence-corrected chi connectivity index (χ0v) is 68.2. The number of likely N-dealkylation sites (tertiary alicyclic amines) is 1. The van der Waals surface area contributed by atoms with Crippen molar-refractivity contribution in [3.05, 3.63) is 169 Å². The fraction of sp³-hybridized carbons (Fsp3) is 0.474. The molecule has 642 valence electrons. The fourth-order valence-corrected chi connectivity index (χ4v) is 16.0. The number of Topliss-reactive ketones (excluding diaryl/α,β-unsaturated/α-hetero) is 1. The SMILES string of the molecule is C.C.C=CCCCOc1nccc(C(F)(F)F)c1C(=O)N1CCC[C@@](Oc2csc(C)c2)(C(=O)OC)[C@H]1CC=C.CC(=O)[C@]1(Oc2csc(C(F)(F)F)c2)CCCN2C(=O)c3c(C(F)(F)F)ccnc3OCCC/C=C\C[C@@H]21.O=C1c2c(C(F)(F)F)ccnc2OCCC/C=C\C[C@H]2N1CCC[C@@]2(Oc1csc(C(F)(F)F)c1)C(=O)O.[K+].[OH-]. The first-order valence-electron chi connectivity index (χ1n) is 35.6. The number of unbranched alkanes of at least 4 members (excludes halogenated alkanes) is 1. The third kappa shape index (κ3) is 23.3. The summed E-state index contributed by atoms with van der Waals surface area (Å²) in [7, 11) is 1.20. The molecule has 6 atom stereocenters. The predicted molar refractivity (Wildman–Crippen MR) is 400 cm³/mol. The number of nitrogens with zero attached hydrogens (tertiary/aromatic N) is 6. The second-order valence-corrected chi connectivity index (χ2v) is 29.6. The van der Waals surface area contributed by atoms with Crippen LogP contribution in [-0.4, -0.2) is 157 Å². The Bertz CT molecular complexity index is 4320. The van der Waals surface area contributed by atoms with E-state index in [1.165, 1.54) is 36.3 Å². The topological polar surface area (TPSA) is 266 Å². The van der Waals surface area contributed by atoms with Crippen LogP contribution >= 0.6 is 34.0 Å². The Balaban J connectivity index is 0.000000310. The number of carbonyl (C=O) groups is 6. The Hall–Kier alpha value is -8.12. The van der Waals surface area contributed by atoms with Crippen molar-refractivity contribution in [1.29, 1.82) is 0 Å². The minimum absolute atomic E-state index is 0. The summed E-state index contributed by atoms with van der Waals surface area (Å²) in [6, 6.07) is 1.81. The van der Waals surface area contributed by atoms with E-state index in [1.54, 1.807) is 41.8 Å². The van der Waals surface area contributed by atoms with Gasteiger partial charge in [-0.2, -0.15) is 65.9 Å². The Kier molecular flexibility index (Phi) is 36.1. The first-order valence-corrected chi connectivity index (χ1v) is 38.2. The summed E-state index contributed by atoms with van der Waals surface area (Å²) >= 11 is 2.12. The van der Waals surface area contributed by atoms with E-state index in [2.05, 4.69) is 28.1 Å². The zero-order valence-electron chi connectivity index (χ0n) is 62.7. The standard InChI is InChI=1S/C27H31F3N2O5S.C25H24F6N2O4S.C24H22F6N2O5S.2CH4.K.H2O/c1-5-7-8-15-36-23-22(20(11-13-31-23)27(28,29)30)24(33)32-14-9-12-26(25(34)35-4,21(32)10-6-2)37-19-16-18(3)38-17-19;1-15(34)23(37-16-13-19(38-14-16)25(29,30)31)9-6-11-33-18(23)7-4-2-3-5-12-36-21-20(22(33)35)17(8-10-32-21)24(26,27)28;25-23(26,27)15-7-9-31-19-18(15)20(33)32-10-5-8-22(21(34)35,16(32)6-3-1-2-4-11-36-19)37-14-12-17(38-13-14)24(28,29)30;;;;/h5-6,11,13,16-17,21H,1-2,7-10,12,14-15H2,3-4H3;2,4,8,10,13-14,18H,3,5-7,9,11-12H2,1H3;1,3,7,9,12-13,16H,2,4-6,8,10-11H2,(H,34,35);2*1H4;;1H2/q;;;;;+1;/p-1/b;4-2-;3-1-;;;;/t21-,26+;18-,23-;16-,22+;;;;/m111..../s1. The van der Waals surface area contributed by atoms with E-state index < -0.39 is 162 Å². The molecule has 11 heterocycles. The van der Waals surface area contributed by atoms with Gasteiger partial charge in [0.2, 0.25) is 28.8 Å². The molecule has 0 aliphatic carbocycles. The number of aromatic nitrogens is 3. The molecule has 118 heavy (non-hydrogen) atoms. The number of piperidine rings is 3. The maximum atomic E-state index is 14.1. The molecule has 0 saturated carbocycles. The van der Waals surface area contributed by atoms with Crippen LogP contribution in [0.3, 0.4) is 0 Å². The minimum atomic E-state index is -4.95.